The SMILES string of the molecule is COCC1CCN(S(=O)(=O)c2ccnc(Cl)c2)CC1. The molecule has 2 rings (SSSR count). The van der Waals surface area contributed by atoms with Crippen molar-refractivity contribution in [3.63, 3.8) is 0 Å². The first-order valence-electron chi connectivity index (χ1n) is 6.14. The highest BCUT2D eigenvalue weighted by atomic mass is 35.5. The van der Waals surface area contributed by atoms with Crippen LogP contribution in [0.4, 0.5) is 0 Å². The normalized spacial score (nSPS) is 18.6. The molecule has 0 saturated carbocycles. The van der Waals surface area contributed by atoms with Crippen molar-refractivity contribution in [1.82, 2.24) is 9.29 Å². The van der Waals surface area contributed by atoms with E-state index < -0.39 is 10.0 Å². The van der Waals surface area contributed by atoms with Crippen LogP contribution in [0.5, 0.6) is 0 Å². The van der Waals surface area contributed by atoms with Crippen LogP contribution in [-0.2, 0) is 14.8 Å². The van der Waals surface area contributed by atoms with Gasteiger partial charge in [-0.2, -0.15) is 4.31 Å². The van der Waals surface area contributed by atoms with E-state index in [0.29, 0.717) is 25.6 Å². The first-order valence-corrected chi connectivity index (χ1v) is 7.96. The van der Waals surface area contributed by atoms with Gasteiger partial charge in [-0.15, -0.1) is 0 Å². The lowest BCUT2D eigenvalue weighted by Gasteiger charge is -2.30. The van der Waals surface area contributed by atoms with E-state index in [-0.39, 0.29) is 10.0 Å². The van der Waals surface area contributed by atoms with Crippen molar-refractivity contribution in [3.05, 3.63) is 23.5 Å². The number of nitrogens with zero attached hydrogens (tertiary/aromatic N) is 2. The smallest absolute Gasteiger partial charge is 0.243 e. The lowest BCUT2D eigenvalue weighted by molar-refractivity contribution is 0.121. The Morgan fingerprint density at radius 1 is 1.47 bits per heavy atom. The van der Waals surface area contributed by atoms with Gasteiger partial charge in [0, 0.05) is 33.0 Å². The monoisotopic (exact) mass is 304 g/mol. The van der Waals surface area contributed by atoms with Gasteiger partial charge >= 0.3 is 0 Å². The second-order valence-electron chi connectivity index (χ2n) is 4.62. The van der Waals surface area contributed by atoms with E-state index in [2.05, 4.69) is 4.98 Å². The number of halogens is 1. The Kier molecular flexibility index (Phi) is 4.78. The van der Waals surface area contributed by atoms with Crippen LogP contribution >= 0.6 is 11.6 Å². The molecular formula is C12H17ClN2O3S. The Labute approximate surface area is 118 Å². The fourth-order valence-electron chi connectivity index (χ4n) is 2.25. The van der Waals surface area contributed by atoms with Gasteiger partial charge in [0.15, 0.2) is 0 Å². The average Bonchev–Trinajstić information content (AvgIpc) is 2.40. The Bertz CT molecular complexity index is 528. The van der Waals surface area contributed by atoms with Crippen LogP contribution in [-0.4, -0.2) is 44.5 Å². The summed E-state index contributed by atoms with van der Waals surface area (Å²) in [5.74, 6) is 0.442. The maximum absolute atomic E-state index is 12.4. The molecule has 1 aliphatic rings. The molecule has 7 heteroatoms. The van der Waals surface area contributed by atoms with E-state index in [9.17, 15) is 8.42 Å². The number of methoxy groups -OCH3 is 1. The third-order valence-corrected chi connectivity index (χ3v) is 5.41. The van der Waals surface area contributed by atoms with Gasteiger partial charge in [-0.25, -0.2) is 13.4 Å². The highest BCUT2D eigenvalue weighted by Gasteiger charge is 2.29. The fourth-order valence-corrected chi connectivity index (χ4v) is 3.97. The van der Waals surface area contributed by atoms with Crippen LogP contribution < -0.4 is 0 Å². The zero-order chi connectivity index (χ0) is 13.9. The minimum atomic E-state index is -3.45. The maximum Gasteiger partial charge on any atom is 0.243 e. The summed E-state index contributed by atoms with van der Waals surface area (Å²) in [4.78, 5) is 4.01. The van der Waals surface area contributed by atoms with E-state index in [4.69, 9.17) is 16.3 Å². The van der Waals surface area contributed by atoms with Crippen molar-refractivity contribution >= 4 is 21.6 Å². The molecule has 2 heterocycles. The first-order chi connectivity index (χ1) is 9.04. The summed E-state index contributed by atoms with van der Waals surface area (Å²) in [6, 6.07) is 2.86. The topological polar surface area (TPSA) is 59.5 Å². The van der Waals surface area contributed by atoms with Crippen molar-refractivity contribution in [2.24, 2.45) is 5.92 Å². The highest BCUT2D eigenvalue weighted by Crippen LogP contribution is 2.24. The zero-order valence-corrected chi connectivity index (χ0v) is 12.3. The molecule has 106 valence electrons. The van der Waals surface area contributed by atoms with Crippen LogP contribution in [0.3, 0.4) is 0 Å². The molecule has 1 aromatic rings. The van der Waals surface area contributed by atoms with E-state index in [0.717, 1.165) is 12.8 Å². The predicted octanol–water partition coefficient (Wildman–Crippen LogP) is 1.78. The lowest BCUT2D eigenvalue weighted by atomic mass is 9.99. The minimum absolute atomic E-state index is 0.190. The molecule has 0 atom stereocenters. The summed E-state index contributed by atoms with van der Waals surface area (Å²) < 4.78 is 31.4. The highest BCUT2D eigenvalue weighted by molar-refractivity contribution is 7.89. The molecule has 1 aliphatic heterocycles. The molecule has 0 unspecified atom stereocenters. The number of piperidine rings is 1. The van der Waals surface area contributed by atoms with E-state index >= 15 is 0 Å². The van der Waals surface area contributed by atoms with Crippen LogP contribution in [0.2, 0.25) is 5.15 Å². The third-order valence-electron chi connectivity index (χ3n) is 3.31. The number of sulfonamides is 1. The maximum atomic E-state index is 12.4. The Balaban J connectivity index is 2.10. The first kappa shape index (κ1) is 14.7. The fraction of sp³-hybridized carbons (Fsp3) is 0.583. The van der Waals surface area contributed by atoms with Crippen molar-refractivity contribution in [1.29, 1.82) is 0 Å². The van der Waals surface area contributed by atoms with Crippen molar-refractivity contribution in [3.8, 4) is 0 Å². The molecule has 19 heavy (non-hydrogen) atoms. The molecular weight excluding hydrogens is 288 g/mol. The minimum Gasteiger partial charge on any atom is -0.384 e. The van der Waals surface area contributed by atoms with Crippen molar-refractivity contribution in [2.45, 2.75) is 17.7 Å². The second kappa shape index (κ2) is 6.17. The Hall–Kier alpha value is -0.690. The molecule has 0 amide bonds. The van der Waals surface area contributed by atoms with E-state index in [1.807, 2.05) is 0 Å². The van der Waals surface area contributed by atoms with Gasteiger partial charge in [0.25, 0.3) is 0 Å². The molecule has 0 bridgehead atoms. The molecule has 0 aromatic carbocycles. The second-order valence-corrected chi connectivity index (χ2v) is 6.94. The van der Waals surface area contributed by atoms with Gasteiger partial charge in [0.05, 0.1) is 4.90 Å². The average molecular weight is 305 g/mol. The molecule has 0 spiro atoms. The summed E-state index contributed by atoms with van der Waals surface area (Å²) in [6.07, 6.45) is 3.06. The Morgan fingerprint density at radius 3 is 2.74 bits per heavy atom. The standard InChI is InChI=1S/C12H17ClN2O3S/c1-18-9-10-3-6-15(7-4-10)19(16,17)11-2-5-14-12(13)8-11/h2,5,8,10H,3-4,6-7,9H2,1H3. The largest absolute Gasteiger partial charge is 0.384 e. The number of pyridine rings is 1. The number of ether oxygens (including phenoxy) is 1. The quantitative estimate of drug-likeness (QED) is 0.796. The predicted molar refractivity (Wildman–Crippen MR) is 72.6 cm³/mol. The van der Waals surface area contributed by atoms with Gasteiger partial charge in [-0.3, -0.25) is 0 Å². The number of aromatic nitrogens is 1. The van der Waals surface area contributed by atoms with Gasteiger partial charge < -0.3 is 4.74 Å². The number of rotatable bonds is 4. The van der Waals surface area contributed by atoms with Crippen LogP contribution in [0, 0.1) is 5.92 Å². The summed E-state index contributed by atoms with van der Waals surface area (Å²) in [6.45, 7) is 1.74. The van der Waals surface area contributed by atoms with Gasteiger partial charge in [0.1, 0.15) is 5.15 Å². The van der Waals surface area contributed by atoms with E-state index in [1.165, 1.54) is 22.6 Å². The van der Waals surface area contributed by atoms with Crippen LogP contribution in [0.25, 0.3) is 0 Å². The lowest BCUT2D eigenvalue weighted by Crippen LogP contribution is -2.39. The van der Waals surface area contributed by atoms with Gasteiger partial charge in [-0.05, 0) is 30.9 Å². The summed E-state index contributed by atoms with van der Waals surface area (Å²) in [5, 5.41) is 0.190. The summed E-state index contributed by atoms with van der Waals surface area (Å²) in [5.41, 5.74) is 0. The third kappa shape index (κ3) is 3.45. The summed E-state index contributed by atoms with van der Waals surface area (Å²) >= 11 is 5.74. The van der Waals surface area contributed by atoms with Gasteiger partial charge in [-0.1, -0.05) is 11.6 Å². The van der Waals surface area contributed by atoms with E-state index in [1.54, 1.807) is 7.11 Å². The molecule has 1 fully saturated rings. The number of hydrogen-bond acceptors (Lipinski definition) is 4. The molecule has 0 radical (unpaired) electrons. The van der Waals surface area contributed by atoms with Crippen LogP contribution in [0.15, 0.2) is 23.2 Å². The number of hydrogen-bond donors (Lipinski definition) is 0. The molecule has 0 N–H and O–H groups in total. The van der Waals surface area contributed by atoms with Crippen molar-refractivity contribution < 1.29 is 13.2 Å². The molecule has 1 saturated heterocycles. The van der Waals surface area contributed by atoms with Crippen LogP contribution in [0.1, 0.15) is 12.8 Å². The summed E-state index contributed by atoms with van der Waals surface area (Å²) in [7, 11) is -1.79. The van der Waals surface area contributed by atoms with Crippen molar-refractivity contribution in [2.75, 3.05) is 26.8 Å². The molecule has 1 aromatic heterocycles. The Morgan fingerprint density at radius 2 is 2.16 bits per heavy atom. The zero-order valence-electron chi connectivity index (χ0n) is 10.8. The van der Waals surface area contributed by atoms with Gasteiger partial charge in [0.2, 0.25) is 10.0 Å². The molecule has 0 aliphatic carbocycles. The molecule has 5 nitrogen and oxygen atoms in total.